The van der Waals surface area contributed by atoms with Crippen LogP contribution >= 0.6 is 11.3 Å². The Labute approximate surface area is 108 Å². The molecule has 0 spiro atoms. The van der Waals surface area contributed by atoms with Gasteiger partial charge in [-0.15, -0.1) is 11.3 Å². The molecule has 2 aromatic rings. The lowest BCUT2D eigenvalue weighted by Gasteiger charge is -2.07. The highest BCUT2D eigenvalue weighted by Crippen LogP contribution is 2.34. The first-order valence-corrected chi connectivity index (χ1v) is 7.06. The summed E-state index contributed by atoms with van der Waals surface area (Å²) in [7, 11) is 0. The van der Waals surface area contributed by atoms with Gasteiger partial charge in [0.15, 0.2) is 0 Å². The fourth-order valence-electron chi connectivity index (χ4n) is 2.25. The second kappa shape index (κ2) is 4.79. The number of rotatable bonds is 3. The normalized spacial score (nSPS) is 11.6. The summed E-state index contributed by atoms with van der Waals surface area (Å²) < 4.78 is 1.39. The Morgan fingerprint density at radius 2 is 1.82 bits per heavy atom. The quantitative estimate of drug-likeness (QED) is 0.865. The van der Waals surface area contributed by atoms with Crippen LogP contribution in [0.15, 0.2) is 12.1 Å². The van der Waals surface area contributed by atoms with E-state index in [0.717, 1.165) is 6.42 Å². The van der Waals surface area contributed by atoms with Gasteiger partial charge >= 0.3 is 0 Å². The highest BCUT2D eigenvalue weighted by Gasteiger charge is 2.13. The Morgan fingerprint density at radius 1 is 1.18 bits per heavy atom. The maximum absolute atomic E-state index is 5.88. The summed E-state index contributed by atoms with van der Waals surface area (Å²) in [6.07, 6.45) is 1.13. The number of thiophene rings is 1. The third kappa shape index (κ3) is 2.38. The monoisotopic (exact) mass is 247 g/mol. The molecule has 1 aromatic carbocycles. The van der Waals surface area contributed by atoms with Crippen LogP contribution in [0.25, 0.3) is 10.1 Å². The highest BCUT2D eigenvalue weighted by atomic mass is 32.1. The van der Waals surface area contributed by atoms with Crippen molar-refractivity contribution in [2.45, 2.75) is 40.7 Å². The Balaban J connectivity index is 2.65. The summed E-state index contributed by atoms with van der Waals surface area (Å²) in [5.74, 6) is 0.680. The Hall–Kier alpha value is -0.860. The summed E-state index contributed by atoms with van der Waals surface area (Å²) in [4.78, 5) is 1.36. The molecule has 0 radical (unpaired) electrons. The lowest BCUT2D eigenvalue weighted by Crippen LogP contribution is -2.01. The molecular weight excluding hydrogens is 226 g/mol. The van der Waals surface area contributed by atoms with Crippen LogP contribution in [0.2, 0.25) is 0 Å². The van der Waals surface area contributed by atoms with Gasteiger partial charge in [-0.25, -0.2) is 0 Å². The molecule has 0 bridgehead atoms. The van der Waals surface area contributed by atoms with Crippen LogP contribution in [-0.4, -0.2) is 0 Å². The van der Waals surface area contributed by atoms with Crippen LogP contribution < -0.4 is 5.73 Å². The van der Waals surface area contributed by atoms with Gasteiger partial charge in [-0.3, -0.25) is 0 Å². The van der Waals surface area contributed by atoms with Gasteiger partial charge in [0.1, 0.15) is 0 Å². The Morgan fingerprint density at radius 3 is 2.41 bits per heavy atom. The predicted octanol–water partition coefficient (Wildman–Crippen LogP) is 4.18. The van der Waals surface area contributed by atoms with Crippen molar-refractivity contribution >= 4 is 21.4 Å². The number of benzene rings is 1. The number of aryl methyl sites for hydroxylation is 2. The Kier molecular flexibility index (Phi) is 3.55. The third-order valence-electron chi connectivity index (χ3n) is 3.29. The number of hydrogen-bond acceptors (Lipinski definition) is 2. The van der Waals surface area contributed by atoms with Gasteiger partial charge < -0.3 is 5.73 Å². The van der Waals surface area contributed by atoms with Crippen molar-refractivity contribution in [3.8, 4) is 0 Å². The molecule has 1 nitrogen and oxygen atoms in total. The van der Waals surface area contributed by atoms with Gasteiger partial charge in [0.05, 0.1) is 0 Å². The zero-order valence-corrected chi connectivity index (χ0v) is 11.9. The van der Waals surface area contributed by atoms with E-state index in [1.54, 1.807) is 0 Å². The van der Waals surface area contributed by atoms with Crippen molar-refractivity contribution in [3.05, 3.63) is 33.7 Å². The van der Waals surface area contributed by atoms with E-state index in [2.05, 4.69) is 39.8 Å². The molecule has 0 saturated carbocycles. The van der Waals surface area contributed by atoms with Crippen molar-refractivity contribution in [1.82, 2.24) is 0 Å². The summed E-state index contributed by atoms with van der Waals surface area (Å²) in [5.41, 5.74) is 10.1. The molecule has 0 aliphatic rings. The molecule has 1 heterocycles. The first kappa shape index (κ1) is 12.6. The van der Waals surface area contributed by atoms with Gasteiger partial charge in [0.25, 0.3) is 0 Å². The second-order valence-electron chi connectivity index (χ2n) is 5.24. The fourth-order valence-corrected chi connectivity index (χ4v) is 3.44. The van der Waals surface area contributed by atoms with Crippen molar-refractivity contribution in [1.29, 1.82) is 0 Å². The van der Waals surface area contributed by atoms with Crippen LogP contribution in [0, 0.1) is 19.8 Å². The van der Waals surface area contributed by atoms with Crippen molar-refractivity contribution in [2.24, 2.45) is 11.7 Å². The third-order valence-corrected chi connectivity index (χ3v) is 4.51. The van der Waals surface area contributed by atoms with E-state index < -0.39 is 0 Å². The summed E-state index contributed by atoms with van der Waals surface area (Å²) >= 11 is 1.86. The molecule has 0 aliphatic heterocycles. The predicted molar refractivity (Wildman–Crippen MR) is 77.7 cm³/mol. The van der Waals surface area contributed by atoms with E-state index in [-0.39, 0.29) is 0 Å². The minimum absolute atomic E-state index is 0.666. The summed E-state index contributed by atoms with van der Waals surface area (Å²) in [6.45, 7) is 9.57. The minimum Gasteiger partial charge on any atom is -0.326 e. The fraction of sp³-hybridized carbons (Fsp3) is 0.467. The van der Waals surface area contributed by atoms with E-state index in [9.17, 15) is 0 Å². The van der Waals surface area contributed by atoms with Gasteiger partial charge in [0.2, 0.25) is 0 Å². The zero-order chi connectivity index (χ0) is 12.6. The molecule has 0 fully saturated rings. The molecule has 0 amide bonds. The smallest absolute Gasteiger partial charge is 0.0351 e. The van der Waals surface area contributed by atoms with Crippen LogP contribution in [0.1, 0.15) is 35.4 Å². The van der Waals surface area contributed by atoms with Crippen molar-refractivity contribution < 1.29 is 0 Å². The summed E-state index contributed by atoms with van der Waals surface area (Å²) in [6, 6.07) is 4.64. The standard InChI is InChI=1S/C15H21NS/c1-9(2)5-12-13-6-10(3)11(4)7-14(13)17-15(12)8-16/h6-7,9H,5,8,16H2,1-4H3. The molecule has 0 aliphatic carbocycles. The van der Waals surface area contributed by atoms with Gasteiger partial charge in [-0.05, 0) is 54.3 Å². The van der Waals surface area contributed by atoms with Crippen molar-refractivity contribution in [3.63, 3.8) is 0 Å². The molecule has 2 rings (SSSR count). The molecule has 0 atom stereocenters. The number of fused-ring (bicyclic) bond motifs is 1. The number of nitrogens with two attached hydrogens (primary N) is 1. The van der Waals surface area contributed by atoms with Gasteiger partial charge in [-0.1, -0.05) is 19.9 Å². The van der Waals surface area contributed by atoms with Gasteiger partial charge in [-0.2, -0.15) is 0 Å². The molecular formula is C15H21NS. The van der Waals surface area contributed by atoms with Gasteiger partial charge in [0, 0.05) is 16.1 Å². The Bertz CT molecular complexity index is 537. The van der Waals surface area contributed by atoms with E-state index >= 15 is 0 Å². The van der Waals surface area contributed by atoms with E-state index in [1.165, 1.54) is 31.7 Å². The lowest BCUT2D eigenvalue weighted by molar-refractivity contribution is 0.647. The van der Waals surface area contributed by atoms with E-state index in [1.807, 2.05) is 11.3 Å². The topological polar surface area (TPSA) is 26.0 Å². The van der Waals surface area contributed by atoms with E-state index in [4.69, 9.17) is 5.73 Å². The molecule has 2 heteroatoms. The van der Waals surface area contributed by atoms with E-state index in [0.29, 0.717) is 12.5 Å². The molecule has 2 N–H and O–H groups in total. The first-order chi connectivity index (χ1) is 8.02. The van der Waals surface area contributed by atoms with Crippen LogP contribution in [-0.2, 0) is 13.0 Å². The molecule has 1 aromatic heterocycles. The molecule has 0 unspecified atom stereocenters. The SMILES string of the molecule is Cc1cc2sc(CN)c(CC(C)C)c2cc1C. The molecule has 17 heavy (non-hydrogen) atoms. The van der Waals surface area contributed by atoms with Crippen LogP contribution in [0.4, 0.5) is 0 Å². The molecule has 0 saturated heterocycles. The first-order valence-electron chi connectivity index (χ1n) is 6.24. The van der Waals surface area contributed by atoms with Crippen LogP contribution in [0.3, 0.4) is 0 Å². The largest absolute Gasteiger partial charge is 0.326 e. The summed E-state index contributed by atoms with van der Waals surface area (Å²) in [5, 5.41) is 1.42. The average molecular weight is 247 g/mol. The highest BCUT2D eigenvalue weighted by molar-refractivity contribution is 7.19. The maximum Gasteiger partial charge on any atom is 0.0351 e. The number of hydrogen-bond donors (Lipinski definition) is 1. The second-order valence-corrected chi connectivity index (χ2v) is 6.38. The minimum atomic E-state index is 0.666. The zero-order valence-electron chi connectivity index (χ0n) is 11.1. The average Bonchev–Trinajstić information content (AvgIpc) is 2.57. The lowest BCUT2D eigenvalue weighted by atomic mass is 9.98. The molecule has 92 valence electrons. The van der Waals surface area contributed by atoms with Crippen LogP contribution in [0.5, 0.6) is 0 Å². The maximum atomic E-state index is 5.88. The van der Waals surface area contributed by atoms with Crippen molar-refractivity contribution in [2.75, 3.05) is 0 Å².